The lowest BCUT2D eigenvalue weighted by molar-refractivity contribution is 0.0780. The maximum atomic E-state index is 13.0. The van der Waals surface area contributed by atoms with Crippen LogP contribution in [0.25, 0.3) is 0 Å². The molecule has 202 valence electrons. The van der Waals surface area contributed by atoms with Gasteiger partial charge >= 0.3 is 0 Å². The lowest BCUT2D eigenvalue weighted by atomic mass is 9.93. The monoisotopic (exact) mass is 582 g/mol. The first kappa shape index (κ1) is 30.0. The van der Waals surface area contributed by atoms with Crippen LogP contribution in [0.2, 0.25) is 10.0 Å². The minimum Gasteiger partial charge on any atom is -0.352 e. The second-order valence-electron chi connectivity index (χ2n) is 10.0. The van der Waals surface area contributed by atoms with Crippen molar-refractivity contribution in [1.82, 2.24) is 19.6 Å². The van der Waals surface area contributed by atoms with E-state index in [4.69, 9.17) is 35.4 Å². The first-order valence-corrected chi connectivity index (χ1v) is 14.0. The Bertz CT molecular complexity index is 1050. The summed E-state index contributed by atoms with van der Waals surface area (Å²) in [6.07, 6.45) is 4.40. The smallest absolute Gasteiger partial charge is 0.253 e. The largest absolute Gasteiger partial charge is 0.352 e. The molecule has 2 aromatic rings. The number of nitrogens with zero attached hydrogens (tertiary/aromatic N) is 4. The van der Waals surface area contributed by atoms with E-state index in [0.717, 1.165) is 62.7 Å². The Morgan fingerprint density at radius 2 is 1.76 bits per heavy atom. The Kier molecular flexibility index (Phi) is 11.3. The minimum absolute atomic E-state index is 0. The predicted molar refractivity (Wildman–Crippen MR) is 160 cm³/mol. The Morgan fingerprint density at radius 1 is 1.05 bits per heavy atom. The number of benzene rings is 2. The quantitative estimate of drug-likeness (QED) is 0.353. The molecule has 0 N–H and O–H groups in total. The molecular weight excluding hydrogens is 547 g/mol. The maximum Gasteiger partial charge on any atom is 0.253 e. The van der Waals surface area contributed by atoms with E-state index in [1.165, 1.54) is 6.42 Å². The molecule has 1 amide bonds. The van der Waals surface area contributed by atoms with Gasteiger partial charge in [-0.15, -0.1) is 12.4 Å². The number of hydrogen-bond acceptors (Lipinski definition) is 3. The van der Waals surface area contributed by atoms with Gasteiger partial charge in [0.05, 0.1) is 10.0 Å². The molecule has 5 nitrogen and oxygen atoms in total. The normalized spacial score (nSPS) is 17.9. The van der Waals surface area contributed by atoms with Crippen LogP contribution < -0.4 is 0 Å². The van der Waals surface area contributed by atoms with E-state index in [1.807, 2.05) is 60.5 Å². The first-order chi connectivity index (χ1) is 17.3. The third-order valence-electron chi connectivity index (χ3n) is 7.53. The first-order valence-electron chi connectivity index (χ1n) is 12.8. The summed E-state index contributed by atoms with van der Waals surface area (Å²) in [4.78, 5) is 22.1. The molecule has 1 atom stereocenters. The van der Waals surface area contributed by atoms with Gasteiger partial charge in [0.1, 0.15) is 0 Å². The van der Waals surface area contributed by atoms with E-state index in [1.54, 1.807) is 0 Å². The van der Waals surface area contributed by atoms with Crippen LogP contribution in [0, 0.1) is 0 Å². The Hall–Kier alpha value is -1.57. The molecule has 0 saturated carbocycles. The van der Waals surface area contributed by atoms with Crippen molar-refractivity contribution >= 4 is 58.8 Å². The standard InChI is InChI=1S/C28H36Cl2N4OS.ClH/c1-31-14-6-15-34(28(31)36)24-12-17-33(18-13-24)16-11-23(22-9-10-25(29)26(30)19-22)20-32(2)27(35)21-7-4-3-5-8-21;/h3-5,7-10,19,23-24H,6,11-18,20H2,1-2H3;1H/t23-;/m1./s1. The molecule has 37 heavy (non-hydrogen) atoms. The van der Waals surface area contributed by atoms with Crippen molar-refractivity contribution in [3.05, 3.63) is 69.7 Å². The topological polar surface area (TPSA) is 30.0 Å². The lowest BCUT2D eigenvalue weighted by Crippen LogP contribution is -2.54. The summed E-state index contributed by atoms with van der Waals surface area (Å²) in [6, 6.07) is 15.8. The molecule has 0 aliphatic carbocycles. The van der Waals surface area contributed by atoms with Crippen LogP contribution in [0.3, 0.4) is 0 Å². The number of rotatable bonds is 8. The molecule has 0 radical (unpaired) electrons. The average Bonchev–Trinajstić information content (AvgIpc) is 2.90. The van der Waals surface area contributed by atoms with Gasteiger partial charge in [-0.25, -0.2) is 0 Å². The molecule has 0 bridgehead atoms. The van der Waals surface area contributed by atoms with Crippen LogP contribution in [-0.2, 0) is 0 Å². The zero-order chi connectivity index (χ0) is 25.7. The van der Waals surface area contributed by atoms with Crippen molar-refractivity contribution in [2.45, 2.75) is 37.6 Å². The van der Waals surface area contributed by atoms with E-state index in [0.29, 0.717) is 28.2 Å². The van der Waals surface area contributed by atoms with Gasteiger partial charge in [0.2, 0.25) is 0 Å². The number of piperidine rings is 1. The fraction of sp³-hybridized carbons (Fsp3) is 0.500. The second kappa shape index (κ2) is 14.0. The van der Waals surface area contributed by atoms with Gasteiger partial charge in [0.25, 0.3) is 5.91 Å². The van der Waals surface area contributed by atoms with E-state index >= 15 is 0 Å². The summed E-state index contributed by atoms with van der Waals surface area (Å²) in [6.45, 7) is 5.88. The van der Waals surface area contributed by atoms with E-state index in [9.17, 15) is 4.79 Å². The molecule has 2 aliphatic heterocycles. The number of likely N-dealkylation sites (N-methyl/N-ethyl adjacent to an activating group) is 1. The second-order valence-corrected chi connectivity index (χ2v) is 11.2. The zero-order valence-corrected chi connectivity index (χ0v) is 24.8. The highest BCUT2D eigenvalue weighted by Crippen LogP contribution is 2.30. The number of thiocarbonyl (C=S) groups is 1. The number of carbonyl (C=O) groups is 1. The van der Waals surface area contributed by atoms with Crippen molar-refractivity contribution in [2.24, 2.45) is 0 Å². The maximum absolute atomic E-state index is 13.0. The van der Waals surface area contributed by atoms with Gasteiger partial charge in [-0.05, 0) is 74.3 Å². The van der Waals surface area contributed by atoms with Crippen molar-refractivity contribution in [1.29, 1.82) is 0 Å². The van der Waals surface area contributed by atoms with Crippen molar-refractivity contribution in [3.63, 3.8) is 0 Å². The third-order valence-corrected chi connectivity index (χ3v) is 8.82. The van der Waals surface area contributed by atoms with Gasteiger partial charge in [-0.3, -0.25) is 4.79 Å². The molecule has 9 heteroatoms. The van der Waals surface area contributed by atoms with Gasteiger partial charge in [0.15, 0.2) is 5.11 Å². The number of amides is 1. The fourth-order valence-electron chi connectivity index (χ4n) is 5.36. The highest BCUT2D eigenvalue weighted by Gasteiger charge is 2.30. The Balaban J connectivity index is 0.00000380. The van der Waals surface area contributed by atoms with Crippen LogP contribution in [0.1, 0.15) is 47.5 Å². The molecule has 4 rings (SSSR count). The summed E-state index contributed by atoms with van der Waals surface area (Å²) in [7, 11) is 3.98. The summed E-state index contributed by atoms with van der Waals surface area (Å²) < 4.78 is 0. The van der Waals surface area contributed by atoms with Gasteiger partial charge in [-0.1, -0.05) is 47.5 Å². The number of carbonyl (C=O) groups excluding carboxylic acids is 1. The zero-order valence-electron chi connectivity index (χ0n) is 21.6. The Labute approximate surface area is 243 Å². The summed E-state index contributed by atoms with van der Waals surface area (Å²) in [5.41, 5.74) is 1.82. The van der Waals surface area contributed by atoms with Crippen molar-refractivity contribution in [2.75, 3.05) is 53.4 Å². The highest BCUT2D eigenvalue weighted by molar-refractivity contribution is 7.80. The fourth-order valence-corrected chi connectivity index (χ4v) is 6.00. The molecular formula is C28H37Cl3N4OS. The molecule has 2 aromatic carbocycles. The lowest BCUT2D eigenvalue weighted by Gasteiger charge is -2.44. The van der Waals surface area contributed by atoms with E-state index < -0.39 is 0 Å². The highest BCUT2D eigenvalue weighted by atomic mass is 35.5. The average molecular weight is 584 g/mol. The minimum atomic E-state index is 0. The molecule has 2 aliphatic rings. The van der Waals surface area contributed by atoms with Crippen molar-refractivity contribution in [3.8, 4) is 0 Å². The Morgan fingerprint density at radius 3 is 2.43 bits per heavy atom. The molecule has 2 fully saturated rings. The predicted octanol–water partition coefficient (Wildman–Crippen LogP) is 6.05. The van der Waals surface area contributed by atoms with Crippen LogP contribution in [-0.4, -0.2) is 90.0 Å². The molecule has 0 unspecified atom stereocenters. The number of likely N-dealkylation sites (tertiary alicyclic amines) is 1. The molecule has 0 aromatic heterocycles. The van der Waals surface area contributed by atoms with Crippen LogP contribution >= 0.6 is 47.8 Å². The molecule has 2 saturated heterocycles. The molecule has 0 spiro atoms. The number of hydrogen-bond donors (Lipinski definition) is 0. The van der Waals surface area contributed by atoms with Gasteiger partial charge in [-0.2, -0.15) is 0 Å². The summed E-state index contributed by atoms with van der Waals surface area (Å²) in [5.74, 6) is 0.197. The van der Waals surface area contributed by atoms with Crippen molar-refractivity contribution < 1.29 is 4.79 Å². The van der Waals surface area contributed by atoms with Crippen LogP contribution in [0.15, 0.2) is 48.5 Å². The third kappa shape index (κ3) is 7.73. The van der Waals surface area contributed by atoms with E-state index in [2.05, 4.69) is 21.7 Å². The van der Waals surface area contributed by atoms with E-state index in [-0.39, 0.29) is 24.2 Å². The summed E-state index contributed by atoms with van der Waals surface area (Å²) >= 11 is 18.3. The van der Waals surface area contributed by atoms with Crippen LogP contribution in [0.4, 0.5) is 0 Å². The van der Waals surface area contributed by atoms with Crippen LogP contribution in [0.5, 0.6) is 0 Å². The van der Waals surface area contributed by atoms with Gasteiger partial charge < -0.3 is 19.6 Å². The molecule has 2 heterocycles. The SMILES string of the molecule is CN(C[C@@H](CCN1CCC(N2CCCN(C)C2=S)CC1)c1ccc(Cl)c(Cl)c1)C(=O)c1ccccc1.Cl. The number of halogens is 3. The summed E-state index contributed by atoms with van der Waals surface area (Å²) in [5, 5.41) is 2.11. The van der Waals surface area contributed by atoms with Gasteiger partial charge in [0, 0.05) is 64.3 Å².